The number of rotatable bonds is 3. The van der Waals surface area contributed by atoms with Gasteiger partial charge in [-0.1, -0.05) is 17.7 Å². The molecule has 0 bridgehead atoms. The molecule has 0 amide bonds. The van der Waals surface area contributed by atoms with Crippen molar-refractivity contribution in [2.45, 2.75) is 29.9 Å². The summed E-state index contributed by atoms with van der Waals surface area (Å²) in [6, 6.07) is 5.93. The molecule has 0 atom stereocenters. The van der Waals surface area contributed by atoms with Gasteiger partial charge in [0.2, 0.25) is 10.0 Å². The van der Waals surface area contributed by atoms with Crippen LogP contribution in [0.25, 0.3) is 0 Å². The van der Waals surface area contributed by atoms with E-state index in [-0.39, 0.29) is 17.0 Å². The Morgan fingerprint density at radius 1 is 1.38 bits per heavy atom. The summed E-state index contributed by atoms with van der Waals surface area (Å²) in [5.41, 5.74) is 0. The fraction of sp³-hybridized carbons (Fsp3) is 0.400. The summed E-state index contributed by atoms with van der Waals surface area (Å²) >= 11 is 5.73. The van der Waals surface area contributed by atoms with Crippen molar-refractivity contribution in [2.75, 3.05) is 0 Å². The third-order valence-electron chi connectivity index (χ3n) is 2.54. The van der Waals surface area contributed by atoms with E-state index >= 15 is 0 Å². The molecule has 2 rings (SSSR count). The topological polar surface area (TPSA) is 66.4 Å². The molecule has 2 N–H and O–H groups in total. The van der Waals surface area contributed by atoms with Crippen LogP contribution in [0.15, 0.2) is 29.2 Å². The van der Waals surface area contributed by atoms with Crippen LogP contribution in [0.4, 0.5) is 0 Å². The highest BCUT2D eigenvalue weighted by Crippen LogP contribution is 2.22. The zero-order valence-corrected chi connectivity index (χ0v) is 10.0. The first kappa shape index (κ1) is 11.9. The van der Waals surface area contributed by atoms with E-state index < -0.39 is 10.0 Å². The molecule has 0 aromatic heterocycles. The molecular formula is C10H12ClNO3S. The van der Waals surface area contributed by atoms with Crippen LogP contribution in [-0.4, -0.2) is 25.7 Å². The molecule has 1 aromatic rings. The maximum atomic E-state index is 11.8. The van der Waals surface area contributed by atoms with Crippen LogP contribution in [0.1, 0.15) is 12.8 Å². The summed E-state index contributed by atoms with van der Waals surface area (Å²) in [7, 11) is -3.51. The van der Waals surface area contributed by atoms with E-state index in [1.54, 1.807) is 12.1 Å². The lowest BCUT2D eigenvalue weighted by atomic mass is 9.91. The smallest absolute Gasteiger partial charge is 0.240 e. The van der Waals surface area contributed by atoms with Gasteiger partial charge < -0.3 is 5.11 Å². The number of hydrogen-bond acceptors (Lipinski definition) is 3. The van der Waals surface area contributed by atoms with Crippen LogP contribution in [0, 0.1) is 0 Å². The third kappa shape index (κ3) is 2.55. The first-order chi connectivity index (χ1) is 7.47. The van der Waals surface area contributed by atoms with E-state index in [1.807, 2.05) is 0 Å². The molecule has 6 heteroatoms. The Labute approximate surface area is 99.3 Å². The second-order valence-electron chi connectivity index (χ2n) is 3.90. The van der Waals surface area contributed by atoms with Crippen molar-refractivity contribution in [3.05, 3.63) is 29.3 Å². The van der Waals surface area contributed by atoms with Gasteiger partial charge in [-0.15, -0.1) is 0 Å². The number of aliphatic hydroxyl groups is 1. The minimum Gasteiger partial charge on any atom is -0.393 e. The van der Waals surface area contributed by atoms with E-state index in [9.17, 15) is 8.42 Å². The molecule has 0 heterocycles. The van der Waals surface area contributed by atoms with Gasteiger partial charge in [0.15, 0.2) is 0 Å². The van der Waals surface area contributed by atoms with E-state index in [4.69, 9.17) is 16.7 Å². The number of hydrogen-bond donors (Lipinski definition) is 2. The molecule has 0 aliphatic heterocycles. The summed E-state index contributed by atoms with van der Waals surface area (Å²) < 4.78 is 26.2. The van der Waals surface area contributed by atoms with Crippen LogP contribution < -0.4 is 4.72 Å². The van der Waals surface area contributed by atoms with Crippen LogP contribution in [0.5, 0.6) is 0 Å². The van der Waals surface area contributed by atoms with E-state index in [1.165, 1.54) is 12.1 Å². The quantitative estimate of drug-likeness (QED) is 0.858. The Morgan fingerprint density at radius 2 is 2.06 bits per heavy atom. The fourth-order valence-electron chi connectivity index (χ4n) is 1.61. The average molecular weight is 262 g/mol. The van der Waals surface area contributed by atoms with Gasteiger partial charge in [0.05, 0.1) is 11.0 Å². The van der Waals surface area contributed by atoms with Crippen LogP contribution in [0.3, 0.4) is 0 Å². The van der Waals surface area contributed by atoms with Gasteiger partial charge >= 0.3 is 0 Å². The number of aliphatic hydroxyl groups excluding tert-OH is 1. The highest BCUT2D eigenvalue weighted by molar-refractivity contribution is 7.89. The van der Waals surface area contributed by atoms with Crippen molar-refractivity contribution in [2.24, 2.45) is 0 Å². The van der Waals surface area contributed by atoms with Crippen molar-refractivity contribution in [1.29, 1.82) is 0 Å². The lowest BCUT2D eigenvalue weighted by molar-refractivity contribution is 0.0712. The average Bonchev–Trinajstić information content (AvgIpc) is 2.15. The minimum atomic E-state index is -3.51. The van der Waals surface area contributed by atoms with Gasteiger partial charge in [0.1, 0.15) is 0 Å². The largest absolute Gasteiger partial charge is 0.393 e. The second-order valence-corrected chi connectivity index (χ2v) is 6.05. The van der Waals surface area contributed by atoms with Gasteiger partial charge in [-0.3, -0.25) is 0 Å². The fourth-order valence-corrected chi connectivity index (χ4v) is 3.17. The zero-order valence-electron chi connectivity index (χ0n) is 8.43. The lowest BCUT2D eigenvalue weighted by Gasteiger charge is -2.31. The molecule has 1 saturated carbocycles. The predicted molar refractivity (Wildman–Crippen MR) is 60.8 cm³/mol. The molecule has 0 spiro atoms. The SMILES string of the molecule is O=S(=O)(NC1CC(O)C1)c1cccc(Cl)c1. The second kappa shape index (κ2) is 4.33. The number of nitrogens with one attached hydrogen (secondary N) is 1. The standard InChI is InChI=1S/C10H12ClNO3S/c11-7-2-1-3-10(4-7)16(14,15)12-8-5-9(13)6-8/h1-4,8-9,12-13H,5-6H2. The summed E-state index contributed by atoms with van der Waals surface area (Å²) in [5.74, 6) is 0. The minimum absolute atomic E-state index is 0.154. The molecule has 4 nitrogen and oxygen atoms in total. The molecule has 0 unspecified atom stereocenters. The maximum absolute atomic E-state index is 11.8. The van der Waals surface area contributed by atoms with Gasteiger partial charge in [0.25, 0.3) is 0 Å². The molecular weight excluding hydrogens is 250 g/mol. The summed E-state index contributed by atoms with van der Waals surface area (Å²) in [6.07, 6.45) is 0.562. The number of benzene rings is 1. The van der Waals surface area contributed by atoms with Crippen molar-refractivity contribution in [3.8, 4) is 0 Å². The van der Waals surface area contributed by atoms with E-state index in [2.05, 4.69) is 4.72 Å². The molecule has 16 heavy (non-hydrogen) atoms. The van der Waals surface area contributed by atoms with E-state index in [0.29, 0.717) is 17.9 Å². The van der Waals surface area contributed by atoms with Crippen molar-refractivity contribution >= 4 is 21.6 Å². The highest BCUT2D eigenvalue weighted by Gasteiger charge is 2.31. The Balaban J connectivity index is 2.13. The van der Waals surface area contributed by atoms with Crippen molar-refractivity contribution in [3.63, 3.8) is 0 Å². The van der Waals surface area contributed by atoms with Crippen molar-refractivity contribution in [1.82, 2.24) is 4.72 Å². The molecule has 1 aliphatic carbocycles. The lowest BCUT2D eigenvalue weighted by Crippen LogP contribution is -2.46. The Bertz CT molecular complexity index is 483. The van der Waals surface area contributed by atoms with E-state index in [0.717, 1.165) is 0 Å². The molecule has 0 radical (unpaired) electrons. The molecule has 88 valence electrons. The summed E-state index contributed by atoms with van der Waals surface area (Å²) in [5, 5.41) is 9.46. The maximum Gasteiger partial charge on any atom is 0.240 e. The predicted octanol–water partition coefficient (Wildman–Crippen LogP) is 1.14. The molecule has 1 aromatic carbocycles. The Kier molecular flexibility index (Phi) is 3.21. The molecule has 0 saturated heterocycles. The zero-order chi connectivity index (χ0) is 11.8. The van der Waals surface area contributed by atoms with Crippen LogP contribution in [0.2, 0.25) is 5.02 Å². The molecule has 1 aliphatic rings. The van der Waals surface area contributed by atoms with Gasteiger partial charge in [-0.05, 0) is 31.0 Å². The molecule has 1 fully saturated rings. The number of halogens is 1. The third-order valence-corrected chi connectivity index (χ3v) is 4.29. The number of sulfonamides is 1. The van der Waals surface area contributed by atoms with Gasteiger partial charge in [0, 0.05) is 11.1 Å². The van der Waals surface area contributed by atoms with Gasteiger partial charge in [-0.25, -0.2) is 13.1 Å². The normalized spacial score (nSPS) is 25.1. The highest BCUT2D eigenvalue weighted by atomic mass is 35.5. The summed E-state index contributed by atoms with van der Waals surface area (Å²) in [6.45, 7) is 0. The monoisotopic (exact) mass is 261 g/mol. The van der Waals surface area contributed by atoms with Crippen LogP contribution >= 0.6 is 11.6 Å². The van der Waals surface area contributed by atoms with Gasteiger partial charge in [-0.2, -0.15) is 0 Å². The first-order valence-electron chi connectivity index (χ1n) is 4.93. The first-order valence-corrected chi connectivity index (χ1v) is 6.79. The van der Waals surface area contributed by atoms with Crippen LogP contribution in [-0.2, 0) is 10.0 Å². The summed E-state index contributed by atoms with van der Waals surface area (Å²) in [4.78, 5) is 0.154. The Morgan fingerprint density at radius 3 is 2.62 bits per heavy atom. The van der Waals surface area contributed by atoms with Crippen molar-refractivity contribution < 1.29 is 13.5 Å². The Hall–Kier alpha value is -0.620.